The Bertz CT molecular complexity index is 1040. The Balaban J connectivity index is 1.80. The van der Waals surface area contributed by atoms with E-state index in [9.17, 15) is 0 Å². The zero-order valence-electron chi connectivity index (χ0n) is 15.6. The topological polar surface area (TPSA) is 25.8 Å². The lowest BCUT2D eigenvalue weighted by Crippen LogP contribution is -1.94. The summed E-state index contributed by atoms with van der Waals surface area (Å²) in [5.41, 5.74) is 7.97. The third kappa shape index (κ3) is 4.09. The summed E-state index contributed by atoms with van der Waals surface area (Å²) in [5, 5.41) is 1.45. The summed E-state index contributed by atoms with van der Waals surface area (Å²) in [6.45, 7) is 4.00. The largest absolute Gasteiger partial charge is 0.251 e. The fourth-order valence-corrected chi connectivity index (χ4v) is 3.47. The van der Waals surface area contributed by atoms with E-state index in [4.69, 9.17) is 33.2 Å². The molecule has 2 aromatic carbocycles. The van der Waals surface area contributed by atoms with Crippen molar-refractivity contribution in [2.45, 2.75) is 13.8 Å². The van der Waals surface area contributed by atoms with Crippen LogP contribution in [0.15, 0.2) is 72.8 Å². The maximum atomic E-state index is 6.03. The number of aromatic nitrogens is 2. The molecule has 0 atom stereocenters. The Morgan fingerprint density at radius 1 is 0.500 bits per heavy atom. The highest BCUT2D eigenvalue weighted by atomic mass is 35.5. The molecule has 2 heterocycles. The molecule has 0 aliphatic carbocycles. The first kappa shape index (κ1) is 18.7. The molecule has 0 spiro atoms. The first-order chi connectivity index (χ1) is 13.5. The lowest BCUT2D eigenvalue weighted by atomic mass is 10.0. The highest BCUT2D eigenvalue weighted by Gasteiger charge is 2.10. The molecule has 4 aromatic rings. The highest BCUT2D eigenvalue weighted by molar-refractivity contribution is 6.30. The Labute approximate surface area is 174 Å². The van der Waals surface area contributed by atoms with E-state index in [2.05, 4.69) is 24.3 Å². The first-order valence-electron chi connectivity index (χ1n) is 8.97. The Hall–Kier alpha value is -2.68. The van der Waals surface area contributed by atoms with Gasteiger partial charge in [-0.15, -0.1) is 0 Å². The van der Waals surface area contributed by atoms with Gasteiger partial charge in [-0.1, -0.05) is 47.5 Å². The van der Waals surface area contributed by atoms with Gasteiger partial charge in [0.1, 0.15) is 0 Å². The third-order valence-corrected chi connectivity index (χ3v) is 5.03. The van der Waals surface area contributed by atoms with Gasteiger partial charge in [0.2, 0.25) is 0 Å². The van der Waals surface area contributed by atoms with E-state index in [0.717, 1.165) is 55.1 Å². The van der Waals surface area contributed by atoms with Gasteiger partial charge < -0.3 is 0 Å². The van der Waals surface area contributed by atoms with E-state index in [0.29, 0.717) is 0 Å². The lowest BCUT2D eigenvalue weighted by Gasteiger charge is -2.10. The van der Waals surface area contributed by atoms with Crippen LogP contribution in [0.1, 0.15) is 11.4 Å². The quantitative estimate of drug-likeness (QED) is 0.355. The molecule has 2 nitrogen and oxygen atoms in total. The zero-order chi connectivity index (χ0) is 19.7. The molecule has 28 heavy (non-hydrogen) atoms. The zero-order valence-corrected chi connectivity index (χ0v) is 17.1. The van der Waals surface area contributed by atoms with Gasteiger partial charge in [-0.05, 0) is 84.6 Å². The smallest absolute Gasteiger partial charge is 0.0895 e. The van der Waals surface area contributed by atoms with Crippen molar-refractivity contribution in [1.82, 2.24) is 9.97 Å². The Morgan fingerprint density at radius 3 is 1.21 bits per heavy atom. The van der Waals surface area contributed by atoms with Gasteiger partial charge in [-0.3, -0.25) is 9.97 Å². The second-order valence-corrected chi connectivity index (χ2v) is 7.65. The molecule has 0 amide bonds. The van der Waals surface area contributed by atoms with Crippen molar-refractivity contribution in [3.8, 4) is 33.6 Å². The van der Waals surface area contributed by atoms with Crippen LogP contribution in [0.4, 0.5) is 0 Å². The van der Waals surface area contributed by atoms with Crippen LogP contribution in [0, 0.1) is 13.8 Å². The molecule has 4 rings (SSSR count). The SMILES string of the molecule is Cc1cc(-c2ccc(Cl)cc2)cc(-c2cc(-c3ccc(Cl)cc3)cc(C)n2)n1. The van der Waals surface area contributed by atoms with Crippen LogP contribution in [0.2, 0.25) is 10.0 Å². The van der Waals surface area contributed by atoms with Crippen molar-refractivity contribution in [2.75, 3.05) is 0 Å². The molecule has 0 fully saturated rings. The van der Waals surface area contributed by atoms with Crippen LogP contribution in [0.25, 0.3) is 33.6 Å². The minimum atomic E-state index is 0.725. The van der Waals surface area contributed by atoms with Gasteiger partial charge in [-0.25, -0.2) is 0 Å². The lowest BCUT2D eigenvalue weighted by molar-refractivity contribution is 1.15. The fraction of sp³-hybridized carbons (Fsp3) is 0.0833. The van der Waals surface area contributed by atoms with E-state index in [1.54, 1.807) is 0 Å². The number of hydrogen-bond donors (Lipinski definition) is 0. The number of hydrogen-bond acceptors (Lipinski definition) is 2. The predicted molar refractivity (Wildman–Crippen MR) is 118 cm³/mol. The van der Waals surface area contributed by atoms with Crippen molar-refractivity contribution in [3.63, 3.8) is 0 Å². The number of aryl methyl sites for hydroxylation is 2. The van der Waals surface area contributed by atoms with E-state index in [-0.39, 0.29) is 0 Å². The Morgan fingerprint density at radius 2 is 0.857 bits per heavy atom. The standard InChI is InChI=1S/C24H18Cl2N2/c1-15-11-19(17-3-7-21(25)8-4-17)13-23(27-15)24-14-20(12-16(2)28-24)18-5-9-22(26)10-6-18/h3-14H,1-2H3. The predicted octanol–water partition coefficient (Wildman–Crippen LogP) is 7.40. The number of nitrogens with zero attached hydrogens (tertiary/aromatic N) is 2. The normalized spacial score (nSPS) is 10.9. The number of rotatable bonds is 3. The molecule has 0 aliphatic rings. The van der Waals surface area contributed by atoms with E-state index >= 15 is 0 Å². The molecular formula is C24H18Cl2N2. The number of pyridine rings is 2. The van der Waals surface area contributed by atoms with Crippen LogP contribution in [0.3, 0.4) is 0 Å². The van der Waals surface area contributed by atoms with Crippen LogP contribution in [-0.2, 0) is 0 Å². The van der Waals surface area contributed by atoms with E-state index in [1.165, 1.54) is 0 Å². The molecule has 0 aliphatic heterocycles. The van der Waals surface area contributed by atoms with Crippen molar-refractivity contribution < 1.29 is 0 Å². The summed E-state index contributed by atoms with van der Waals surface area (Å²) < 4.78 is 0. The molecule has 0 saturated heterocycles. The summed E-state index contributed by atoms with van der Waals surface area (Å²) in [4.78, 5) is 9.45. The summed E-state index contributed by atoms with van der Waals surface area (Å²) in [7, 11) is 0. The van der Waals surface area contributed by atoms with Gasteiger partial charge in [0.15, 0.2) is 0 Å². The Kier molecular flexibility index (Phi) is 5.17. The molecular weight excluding hydrogens is 387 g/mol. The molecule has 0 radical (unpaired) electrons. The maximum Gasteiger partial charge on any atom is 0.0895 e. The summed E-state index contributed by atoms with van der Waals surface area (Å²) in [5.74, 6) is 0. The number of benzene rings is 2. The monoisotopic (exact) mass is 404 g/mol. The van der Waals surface area contributed by atoms with Gasteiger partial charge in [0.25, 0.3) is 0 Å². The van der Waals surface area contributed by atoms with Crippen LogP contribution < -0.4 is 0 Å². The van der Waals surface area contributed by atoms with Crippen molar-refractivity contribution in [3.05, 3.63) is 94.2 Å². The van der Waals surface area contributed by atoms with Crippen molar-refractivity contribution in [1.29, 1.82) is 0 Å². The molecule has 4 heteroatoms. The molecule has 0 N–H and O–H groups in total. The van der Waals surface area contributed by atoms with Gasteiger partial charge in [-0.2, -0.15) is 0 Å². The van der Waals surface area contributed by atoms with Crippen LogP contribution in [0.5, 0.6) is 0 Å². The molecule has 2 aromatic heterocycles. The van der Waals surface area contributed by atoms with E-state index < -0.39 is 0 Å². The fourth-order valence-electron chi connectivity index (χ4n) is 3.22. The van der Waals surface area contributed by atoms with Crippen LogP contribution in [-0.4, -0.2) is 9.97 Å². The first-order valence-corrected chi connectivity index (χ1v) is 9.73. The molecule has 0 unspecified atom stereocenters. The number of halogens is 2. The molecule has 0 saturated carbocycles. The average Bonchev–Trinajstić information content (AvgIpc) is 2.68. The maximum absolute atomic E-state index is 6.03. The minimum Gasteiger partial charge on any atom is -0.251 e. The summed E-state index contributed by atoms with van der Waals surface area (Å²) in [6, 6.07) is 24.0. The van der Waals surface area contributed by atoms with Crippen LogP contribution >= 0.6 is 23.2 Å². The third-order valence-electron chi connectivity index (χ3n) is 4.52. The minimum absolute atomic E-state index is 0.725. The second kappa shape index (κ2) is 7.75. The summed E-state index contributed by atoms with van der Waals surface area (Å²) in [6.07, 6.45) is 0. The van der Waals surface area contributed by atoms with E-state index in [1.807, 2.05) is 62.4 Å². The average molecular weight is 405 g/mol. The molecule has 138 valence electrons. The molecule has 0 bridgehead atoms. The summed E-state index contributed by atoms with van der Waals surface area (Å²) >= 11 is 12.1. The van der Waals surface area contributed by atoms with Gasteiger partial charge in [0, 0.05) is 21.4 Å². The van der Waals surface area contributed by atoms with Gasteiger partial charge >= 0.3 is 0 Å². The van der Waals surface area contributed by atoms with Crippen molar-refractivity contribution >= 4 is 23.2 Å². The van der Waals surface area contributed by atoms with Crippen molar-refractivity contribution in [2.24, 2.45) is 0 Å². The van der Waals surface area contributed by atoms with Gasteiger partial charge in [0.05, 0.1) is 11.4 Å². The second-order valence-electron chi connectivity index (χ2n) is 6.78. The highest BCUT2D eigenvalue weighted by Crippen LogP contribution is 2.29.